The molecule has 0 saturated heterocycles. The first-order valence-electron chi connectivity index (χ1n) is 2.92. The van der Waals surface area contributed by atoms with Crippen LogP contribution in [0.1, 0.15) is 11.1 Å². The molecule has 0 aromatic heterocycles. The van der Waals surface area contributed by atoms with Crippen molar-refractivity contribution < 1.29 is 4.39 Å². The molecule has 0 aliphatic carbocycles. The van der Waals surface area contributed by atoms with Crippen molar-refractivity contribution in [1.29, 1.82) is 5.26 Å². The van der Waals surface area contributed by atoms with Gasteiger partial charge in [0.25, 0.3) is 0 Å². The molecule has 1 aromatic rings. The van der Waals surface area contributed by atoms with Gasteiger partial charge >= 0.3 is 0 Å². The van der Waals surface area contributed by atoms with E-state index in [4.69, 9.17) is 5.26 Å². The zero-order valence-electron chi connectivity index (χ0n) is 5.75. The standard InChI is InChI=1S/C8H6FN.ClH/c9-5-7-3-1-2-4-8(7)6-10;/h1-4H,5H2;1H. The molecule has 0 radical (unpaired) electrons. The molecule has 0 saturated carbocycles. The predicted molar refractivity (Wildman–Crippen MR) is 43.2 cm³/mol. The molecule has 11 heavy (non-hydrogen) atoms. The molecule has 0 atom stereocenters. The highest BCUT2D eigenvalue weighted by Crippen LogP contribution is 2.07. The highest BCUT2D eigenvalue weighted by Gasteiger charge is 1.96. The van der Waals surface area contributed by atoms with E-state index in [1.165, 1.54) is 0 Å². The summed E-state index contributed by atoms with van der Waals surface area (Å²) >= 11 is 0. The average molecular weight is 172 g/mol. The largest absolute Gasteiger partial charge is 0.246 e. The average Bonchev–Trinajstić information content (AvgIpc) is 2.04. The Morgan fingerprint density at radius 1 is 1.36 bits per heavy atom. The lowest BCUT2D eigenvalue weighted by molar-refractivity contribution is 0.484. The van der Waals surface area contributed by atoms with E-state index in [0.29, 0.717) is 11.1 Å². The number of nitriles is 1. The van der Waals surface area contributed by atoms with Crippen LogP contribution in [-0.2, 0) is 6.67 Å². The molecule has 0 spiro atoms. The minimum Gasteiger partial charge on any atom is -0.246 e. The maximum atomic E-state index is 12.0. The highest BCUT2D eigenvalue weighted by atomic mass is 35.5. The summed E-state index contributed by atoms with van der Waals surface area (Å²) in [5.74, 6) is 0. The molecule has 0 heterocycles. The third kappa shape index (κ3) is 2.21. The van der Waals surface area contributed by atoms with Crippen LogP contribution in [-0.4, -0.2) is 0 Å². The van der Waals surface area contributed by atoms with Crippen LogP contribution in [0, 0.1) is 11.3 Å². The number of alkyl halides is 1. The fraction of sp³-hybridized carbons (Fsp3) is 0.125. The van der Waals surface area contributed by atoms with E-state index in [1.54, 1.807) is 24.3 Å². The van der Waals surface area contributed by atoms with Crippen molar-refractivity contribution in [3.63, 3.8) is 0 Å². The Labute approximate surface area is 70.9 Å². The van der Waals surface area contributed by atoms with Gasteiger partial charge in [0.2, 0.25) is 0 Å². The SMILES string of the molecule is Cl.N#Cc1ccccc1CF. The zero-order chi connectivity index (χ0) is 7.40. The maximum absolute atomic E-state index is 12.0. The molecule has 0 unspecified atom stereocenters. The number of nitrogens with zero attached hydrogens (tertiary/aromatic N) is 1. The van der Waals surface area contributed by atoms with E-state index >= 15 is 0 Å². The summed E-state index contributed by atoms with van der Waals surface area (Å²) in [5.41, 5.74) is 0.884. The van der Waals surface area contributed by atoms with Gasteiger partial charge in [-0.3, -0.25) is 0 Å². The van der Waals surface area contributed by atoms with Crippen LogP contribution in [0.2, 0.25) is 0 Å². The second-order valence-electron chi connectivity index (χ2n) is 1.90. The lowest BCUT2D eigenvalue weighted by atomic mass is 10.1. The number of halogens is 2. The lowest BCUT2D eigenvalue weighted by Crippen LogP contribution is -1.83. The monoisotopic (exact) mass is 171 g/mol. The molecule has 3 heteroatoms. The molecule has 0 amide bonds. The molecule has 1 rings (SSSR count). The van der Waals surface area contributed by atoms with E-state index in [0.717, 1.165) is 0 Å². The number of hydrogen-bond donors (Lipinski definition) is 0. The van der Waals surface area contributed by atoms with Crippen LogP contribution in [0.5, 0.6) is 0 Å². The van der Waals surface area contributed by atoms with Crippen LogP contribution < -0.4 is 0 Å². The second kappa shape index (κ2) is 4.70. The predicted octanol–water partition coefficient (Wildman–Crippen LogP) is 2.45. The third-order valence-electron chi connectivity index (χ3n) is 1.28. The molecule has 0 aliphatic rings. The molecular weight excluding hydrogens is 165 g/mol. The number of benzene rings is 1. The number of rotatable bonds is 1. The van der Waals surface area contributed by atoms with Gasteiger partial charge < -0.3 is 0 Å². The van der Waals surface area contributed by atoms with Crippen LogP contribution in [0.25, 0.3) is 0 Å². The summed E-state index contributed by atoms with van der Waals surface area (Å²) in [7, 11) is 0. The van der Waals surface area contributed by atoms with Crippen LogP contribution in [0.3, 0.4) is 0 Å². The van der Waals surface area contributed by atoms with E-state index in [9.17, 15) is 4.39 Å². The van der Waals surface area contributed by atoms with Crippen molar-refractivity contribution in [2.45, 2.75) is 6.67 Å². The van der Waals surface area contributed by atoms with Crippen molar-refractivity contribution >= 4 is 12.4 Å². The van der Waals surface area contributed by atoms with Gasteiger partial charge in [-0.15, -0.1) is 12.4 Å². The Kier molecular flexibility index (Phi) is 4.24. The van der Waals surface area contributed by atoms with Gasteiger partial charge in [-0.1, -0.05) is 18.2 Å². The summed E-state index contributed by atoms with van der Waals surface area (Å²) in [5, 5.41) is 8.43. The van der Waals surface area contributed by atoms with E-state index in [2.05, 4.69) is 0 Å². The quantitative estimate of drug-likeness (QED) is 0.637. The summed E-state index contributed by atoms with van der Waals surface area (Å²) in [6.07, 6.45) is 0. The molecule has 1 aromatic carbocycles. The van der Waals surface area contributed by atoms with Crippen LogP contribution in [0.4, 0.5) is 4.39 Å². The van der Waals surface area contributed by atoms with Gasteiger partial charge in [-0.25, -0.2) is 4.39 Å². The van der Waals surface area contributed by atoms with Crippen LogP contribution >= 0.6 is 12.4 Å². The molecule has 0 fully saturated rings. The van der Waals surface area contributed by atoms with Crippen molar-refractivity contribution in [2.75, 3.05) is 0 Å². The minimum atomic E-state index is -0.566. The van der Waals surface area contributed by atoms with Crippen molar-refractivity contribution in [2.24, 2.45) is 0 Å². The fourth-order valence-electron chi connectivity index (χ4n) is 0.746. The number of hydrogen-bond acceptors (Lipinski definition) is 1. The highest BCUT2D eigenvalue weighted by molar-refractivity contribution is 5.85. The smallest absolute Gasteiger partial charge is 0.116 e. The van der Waals surface area contributed by atoms with Gasteiger partial charge in [-0.2, -0.15) is 5.26 Å². The van der Waals surface area contributed by atoms with E-state index < -0.39 is 6.67 Å². The third-order valence-corrected chi connectivity index (χ3v) is 1.28. The first-order valence-corrected chi connectivity index (χ1v) is 2.92. The summed E-state index contributed by atoms with van der Waals surface area (Å²) in [6, 6.07) is 8.56. The minimum absolute atomic E-state index is 0. The molecule has 58 valence electrons. The molecule has 0 bridgehead atoms. The van der Waals surface area contributed by atoms with Crippen molar-refractivity contribution in [3.8, 4) is 6.07 Å². The molecule has 0 aliphatic heterocycles. The van der Waals surface area contributed by atoms with Crippen molar-refractivity contribution in [1.82, 2.24) is 0 Å². The first kappa shape index (κ1) is 9.93. The topological polar surface area (TPSA) is 23.8 Å². The molecule has 0 N–H and O–H groups in total. The van der Waals surface area contributed by atoms with E-state index in [-0.39, 0.29) is 12.4 Å². The summed E-state index contributed by atoms with van der Waals surface area (Å²) in [6.45, 7) is -0.566. The Bertz CT molecular complexity index is 267. The Balaban J connectivity index is 0.000001000. The summed E-state index contributed by atoms with van der Waals surface area (Å²) < 4.78 is 12.0. The van der Waals surface area contributed by atoms with Crippen LogP contribution in [0.15, 0.2) is 24.3 Å². The Morgan fingerprint density at radius 2 is 2.00 bits per heavy atom. The molecule has 1 nitrogen and oxygen atoms in total. The maximum Gasteiger partial charge on any atom is 0.116 e. The van der Waals surface area contributed by atoms with Crippen molar-refractivity contribution in [3.05, 3.63) is 35.4 Å². The first-order chi connectivity index (χ1) is 4.88. The fourth-order valence-corrected chi connectivity index (χ4v) is 0.746. The van der Waals surface area contributed by atoms with Gasteiger partial charge in [0.15, 0.2) is 0 Å². The Hall–Kier alpha value is -1.07. The molecular formula is C8H7ClFN. The van der Waals surface area contributed by atoms with Gasteiger partial charge in [-0.05, 0) is 6.07 Å². The van der Waals surface area contributed by atoms with Gasteiger partial charge in [0.05, 0.1) is 11.6 Å². The normalized spacial score (nSPS) is 8.00. The summed E-state index contributed by atoms with van der Waals surface area (Å²) in [4.78, 5) is 0. The second-order valence-corrected chi connectivity index (χ2v) is 1.90. The Morgan fingerprint density at radius 3 is 2.45 bits per heavy atom. The van der Waals surface area contributed by atoms with E-state index in [1.807, 2.05) is 6.07 Å². The van der Waals surface area contributed by atoms with Gasteiger partial charge in [0.1, 0.15) is 6.67 Å². The van der Waals surface area contributed by atoms with Gasteiger partial charge in [0, 0.05) is 5.56 Å². The zero-order valence-corrected chi connectivity index (χ0v) is 6.57. The lowest BCUT2D eigenvalue weighted by Gasteiger charge is -1.94.